The third-order valence-corrected chi connectivity index (χ3v) is 5.82. The van der Waals surface area contributed by atoms with E-state index in [1.165, 1.54) is 6.42 Å². The summed E-state index contributed by atoms with van der Waals surface area (Å²) in [5.74, 6) is -4.66. The van der Waals surface area contributed by atoms with E-state index < -0.39 is 53.9 Å². The monoisotopic (exact) mass is 804 g/mol. The Labute approximate surface area is 324 Å². The van der Waals surface area contributed by atoms with Crippen molar-refractivity contribution in [3.05, 3.63) is 48.7 Å². The summed E-state index contributed by atoms with van der Waals surface area (Å²) in [6.07, 6.45) is 5.62. The van der Waals surface area contributed by atoms with E-state index in [2.05, 4.69) is 22.5 Å². The molecule has 2 aromatic rings. The Balaban J connectivity index is -0.000000222. The van der Waals surface area contributed by atoms with Crippen LogP contribution >= 0.6 is 0 Å². The van der Waals surface area contributed by atoms with E-state index in [9.17, 15) is 5.11 Å². The molecule has 3 aliphatic rings. The highest BCUT2D eigenvalue weighted by Gasteiger charge is 2.42. The lowest BCUT2D eigenvalue weighted by Gasteiger charge is -2.50. The zero-order valence-corrected chi connectivity index (χ0v) is 32.9. The van der Waals surface area contributed by atoms with Crippen LogP contribution in [0.2, 0.25) is 0 Å². The first-order valence-electron chi connectivity index (χ1n) is 16.1. The van der Waals surface area contributed by atoms with Gasteiger partial charge in [-0.25, -0.2) is 0 Å². The van der Waals surface area contributed by atoms with Gasteiger partial charge >= 0.3 is 0 Å². The smallest absolute Gasteiger partial charge is 0.300 e. The molecule has 5 rings (SSSR count). The third kappa shape index (κ3) is 42.3. The van der Waals surface area contributed by atoms with Crippen LogP contribution in [-0.4, -0.2) is 130 Å². The molecule has 3 aliphatic heterocycles. The van der Waals surface area contributed by atoms with E-state index in [-0.39, 0.29) is 6.04 Å². The molecular formula is C36H56N2O18. The first-order valence-corrected chi connectivity index (χ1v) is 16.1. The van der Waals surface area contributed by atoms with Crippen LogP contribution in [0.1, 0.15) is 79.9 Å². The number of fused-ring (bicyclic) bond motifs is 4. The lowest BCUT2D eigenvalue weighted by Crippen LogP contribution is -2.54. The Bertz CT molecular complexity index is 1350. The number of aliphatic hydroxyl groups is 1. The largest absolute Gasteiger partial charge is 0.497 e. The summed E-state index contributed by atoms with van der Waals surface area (Å²) in [6.45, 7) is 14.7. The quantitative estimate of drug-likeness (QED) is 0.198. The van der Waals surface area contributed by atoms with Crippen molar-refractivity contribution < 1.29 is 89.1 Å². The first kappa shape index (κ1) is 59.1. The standard InChI is InChI=1S/C20H24N2O2.8C2H4O2/c1-3-13-12-22-9-7-14(13)10-19(22)20(23)16-6-8-21-18-5-4-15(24-2)11-17(16)18;8*1-2(3)4/h3-6,8,11,13-14,19-20,23H,1,7,9-10,12H2,2H3;8*1H3,(H,3,4)/t13-,14?,19-,20?;;;;;;;;/m1......../s1. The number of methoxy groups -OCH3 is 1. The normalized spacial score (nSPS) is 16.5. The number of aromatic nitrogens is 1. The molecule has 3 fully saturated rings. The number of hydrogen-bond donors (Lipinski definition) is 9. The number of carboxylic acids is 8. The van der Waals surface area contributed by atoms with Gasteiger partial charge in [0.25, 0.3) is 47.8 Å². The second-order valence-electron chi connectivity index (χ2n) is 11.1. The van der Waals surface area contributed by atoms with Crippen LogP contribution in [0.5, 0.6) is 5.75 Å². The predicted molar refractivity (Wildman–Crippen MR) is 202 cm³/mol. The van der Waals surface area contributed by atoms with Crippen molar-refractivity contribution in [3.8, 4) is 5.75 Å². The van der Waals surface area contributed by atoms with Crippen LogP contribution in [0.25, 0.3) is 10.9 Å². The summed E-state index contributed by atoms with van der Waals surface area (Å²) in [4.78, 5) is 78.9. The van der Waals surface area contributed by atoms with Crippen LogP contribution < -0.4 is 4.74 Å². The molecule has 2 bridgehead atoms. The average molecular weight is 805 g/mol. The number of pyridine rings is 1. The molecule has 0 amide bonds. The maximum atomic E-state index is 11.2. The number of aliphatic hydroxyl groups excluding tert-OH is 1. The van der Waals surface area contributed by atoms with Crippen molar-refractivity contribution in [1.82, 2.24) is 9.88 Å². The van der Waals surface area contributed by atoms with Crippen LogP contribution in [-0.2, 0) is 38.4 Å². The maximum Gasteiger partial charge on any atom is 0.300 e. The zero-order valence-electron chi connectivity index (χ0n) is 32.9. The van der Waals surface area contributed by atoms with Crippen molar-refractivity contribution in [1.29, 1.82) is 0 Å². The molecule has 9 N–H and O–H groups in total. The van der Waals surface area contributed by atoms with Gasteiger partial charge < -0.3 is 50.7 Å². The number of piperidine rings is 3. The van der Waals surface area contributed by atoms with Crippen molar-refractivity contribution in [2.75, 3.05) is 20.2 Å². The van der Waals surface area contributed by atoms with Crippen LogP contribution in [0.15, 0.2) is 43.1 Å². The summed E-state index contributed by atoms with van der Waals surface area (Å²) in [7, 11) is 1.66. The lowest BCUT2D eigenvalue weighted by atomic mass is 9.73. The van der Waals surface area contributed by atoms with Crippen LogP contribution in [0.3, 0.4) is 0 Å². The van der Waals surface area contributed by atoms with E-state index in [1.807, 2.05) is 24.3 Å². The van der Waals surface area contributed by atoms with Crippen molar-refractivity contribution in [3.63, 3.8) is 0 Å². The molecule has 1 aromatic carbocycles. The second-order valence-corrected chi connectivity index (χ2v) is 11.1. The van der Waals surface area contributed by atoms with Crippen LogP contribution in [0, 0.1) is 11.8 Å². The van der Waals surface area contributed by atoms with Crippen molar-refractivity contribution in [2.45, 2.75) is 80.4 Å². The molecule has 3 saturated heterocycles. The minimum absolute atomic E-state index is 0.178. The van der Waals surface area contributed by atoms with Gasteiger partial charge in [-0.2, -0.15) is 0 Å². The van der Waals surface area contributed by atoms with Gasteiger partial charge in [-0.1, -0.05) is 6.08 Å². The summed E-state index contributed by atoms with van der Waals surface area (Å²) in [5.41, 5.74) is 1.85. The third-order valence-electron chi connectivity index (χ3n) is 5.82. The number of carbonyl (C=O) groups is 8. The topological polar surface area (TPSA) is 344 Å². The molecule has 20 nitrogen and oxygen atoms in total. The molecule has 1 aromatic heterocycles. The Kier molecular flexibility index (Phi) is 36.5. The molecule has 3 unspecified atom stereocenters. The summed E-state index contributed by atoms with van der Waals surface area (Å²) < 4.78 is 5.35. The van der Waals surface area contributed by atoms with Gasteiger partial charge in [0, 0.05) is 79.6 Å². The van der Waals surface area contributed by atoms with Gasteiger partial charge in [-0.05, 0) is 61.1 Å². The predicted octanol–water partition coefficient (Wildman–Crippen LogP) is 3.90. The van der Waals surface area contributed by atoms with Crippen molar-refractivity contribution in [2.24, 2.45) is 11.8 Å². The number of carboxylic acid groups (broad SMARTS) is 8. The highest BCUT2D eigenvalue weighted by molar-refractivity contribution is 5.84. The minimum atomic E-state index is -0.833. The number of hydrogen-bond acceptors (Lipinski definition) is 12. The molecule has 0 radical (unpaired) electrons. The number of rotatable bonds is 4. The molecule has 56 heavy (non-hydrogen) atoms. The number of aliphatic carboxylic acids is 8. The Morgan fingerprint density at radius 1 is 0.714 bits per heavy atom. The molecule has 318 valence electrons. The summed E-state index contributed by atoms with van der Waals surface area (Å²) >= 11 is 0. The fourth-order valence-corrected chi connectivity index (χ4v) is 4.44. The molecule has 20 heteroatoms. The van der Waals surface area contributed by atoms with Gasteiger partial charge in [-0.15, -0.1) is 6.58 Å². The Hall–Kier alpha value is -6.15. The Morgan fingerprint density at radius 2 is 1.09 bits per heavy atom. The summed E-state index contributed by atoms with van der Waals surface area (Å²) in [5, 5.41) is 71.5. The molecule has 0 spiro atoms. The van der Waals surface area contributed by atoms with Gasteiger partial charge in [0.15, 0.2) is 0 Å². The van der Waals surface area contributed by atoms with E-state index in [1.54, 1.807) is 13.3 Å². The number of ether oxygens (including phenoxy) is 1. The van der Waals surface area contributed by atoms with Gasteiger partial charge in [0.05, 0.1) is 18.7 Å². The van der Waals surface area contributed by atoms with Crippen LogP contribution in [0.4, 0.5) is 0 Å². The molecule has 0 aliphatic carbocycles. The molecule has 0 saturated carbocycles. The van der Waals surface area contributed by atoms with E-state index in [0.717, 1.165) is 97.1 Å². The Morgan fingerprint density at radius 3 is 1.39 bits per heavy atom. The SMILES string of the molecule is C=C[C@@H]1CN2CCC1C[C@@H]2C(O)c1ccnc2ccc(OC)cc12.CC(=O)O.CC(=O)O.CC(=O)O.CC(=O)O.CC(=O)O.CC(=O)O.CC(=O)O.CC(=O)O. The van der Waals surface area contributed by atoms with Gasteiger partial charge in [0.1, 0.15) is 5.75 Å². The molecular weight excluding hydrogens is 748 g/mol. The highest BCUT2D eigenvalue weighted by atomic mass is 16.5. The second kappa shape index (κ2) is 34.6. The fraction of sp³-hybridized carbons (Fsp3) is 0.472. The summed E-state index contributed by atoms with van der Waals surface area (Å²) in [6, 6.07) is 7.96. The molecule has 5 atom stereocenters. The van der Waals surface area contributed by atoms with E-state index in [4.69, 9.17) is 83.9 Å². The number of benzene rings is 1. The zero-order chi connectivity index (χ0) is 45.3. The lowest BCUT2D eigenvalue weighted by molar-refractivity contribution is -0.135. The number of nitrogens with zero attached hydrogens (tertiary/aromatic N) is 2. The maximum absolute atomic E-state index is 11.2. The first-order chi connectivity index (χ1) is 25.6. The fourth-order valence-electron chi connectivity index (χ4n) is 4.44. The van der Waals surface area contributed by atoms with E-state index in [0.29, 0.717) is 11.8 Å². The average Bonchev–Trinajstić information content (AvgIpc) is 3.02. The van der Waals surface area contributed by atoms with Crippen molar-refractivity contribution >= 4 is 58.7 Å². The minimum Gasteiger partial charge on any atom is -0.497 e. The highest BCUT2D eigenvalue weighted by Crippen LogP contribution is 2.42. The van der Waals surface area contributed by atoms with E-state index >= 15 is 0 Å². The van der Waals surface area contributed by atoms with Gasteiger partial charge in [-0.3, -0.25) is 48.2 Å². The van der Waals surface area contributed by atoms with Gasteiger partial charge in [0.2, 0.25) is 0 Å². The molecule has 4 heterocycles.